The molecule has 0 bridgehead atoms. The summed E-state index contributed by atoms with van der Waals surface area (Å²) >= 11 is 0. The van der Waals surface area contributed by atoms with Crippen molar-refractivity contribution in [2.75, 3.05) is 6.54 Å². The molecule has 1 rings (SSSR count). The van der Waals surface area contributed by atoms with Crippen LogP contribution in [-0.4, -0.2) is 24.7 Å². The zero-order chi connectivity index (χ0) is 17.5. The molecule has 0 aromatic rings. The molecule has 1 fully saturated rings. The van der Waals surface area contributed by atoms with E-state index in [1.807, 2.05) is 0 Å². The van der Waals surface area contributed by atoms with Crippen molar-refractivity contribution in [2.24, 2.45) is 0 Å². The number of carbonyl (C=O) groups is 1. The minimum atomic E-state index is 0.152. The smallest absolute Gasteiger partial charge is 0.220 e. The van der Waals surface area contributed by atoms with Gasteiger partial charge >= 0.3 is 0 Å². The van der Waals surface area contributed by atoms with Crippen LogP contribution >= 0.6 is 0 Å². The average Bonchev–Trinajstić information content (AvgIpc) is 3.33. The van der Waals surface area contributed by atoms with E-state index >= 15 is 0 Å². The molecule has 0 saturated carbocycles. The lowest BCUT2D eigenvalue weighted by molar-refractivity contribution is -0.121. The van der Waals surface area contributed by atoms with Crippen LogP contribution in [0.25, 0.3) is 0 Å². The maximum atomic E-state index is 11.4. The van der Waals surface area contributed by atoms with E-state index < -0.39 is 0 Å². The van der Waals surface area contributed by atoms with Gasteiger partial charge < -0.3 is 10.1 Å². The summed E-state index contributed by atoms with van der Waals surface area (Å²) in [6.45, 7) is 6.44. The van der Waals surface area contributed by atoms with Crippen LogP contribution in [0.2, 0.25) is 0 Å². The molecule has 0 radical (unpaired) electrons. The number of hydrogen-bond donors (Lipinski definition) is 1. The van der Waals surface area contributed by atoms with Gasteiger partial charge in [-0.3, -0.25) is 4.79 Å². The van der Waals surface area contributed by atoms with Crippen molar-refractivity contribution in [3.05, 3.63) is 12.7 Å². The fraction of sp³-hybridized carbons (Fsp3) is 0.857. The highest BCUT2D eigenvalue weighted by molar-refractivity contribution is 5.75. The summed E-state index contributed by atoms with van der Waals surface area (Å²) < 4.78 is 5.78. The summed E-state index contributed by atoms with van der Waals surface area (Å²) in [5, 5.41) is 2.82. The highest BCUT2D eigenvalue weighted by atomic mass is 16.6. The van der Waals surface area contributed by atoms with Gasteiger partial charge in [0.2, 0.25) is 5.91 Å². The molecule has 3 heteroatoms. The third-order valence-corrected chi connectivity index (χ3v) is 4.87. The van der Waals surface area contributed by atoms with E-state index in [-0.39, 0.29) is 5.91 Å². The van der Waals surface area contributed by atoms with Crippen molar-refractivity contribution in [2.45, 2.75) is 109 Å². The Kier molecular flexibility index (Phi) is 12.8. The molecule has 1 amide bonds. The van der Waals surface area contributed by atoms with E-state index in [0.717, 1.165) is 12.8 Å². The second kappa shape index (κ2) is 14.5. The Balaban J connectivity index is 1.78. The maximum absolute atomic E-state index is 11.4. The van der Waals surface area contributed by atoms with Crippen molar-refractivity contribution < 1.29 is 9.53 Å². The van der Waals surface area contributed by atoms with Gasteiger partial charge in [-0.05, 0) is 19.3 Å². The second-order valence-electron chi connectivity index (χ2n) is 7.17. The number of nitrogens with one attached hydrogen (secondary N) is 1. The third-order valence-electron chi connectivity index (χ3n) is 4.87. The van der Waals surface area contributed by atoms with Crippen LogP contribution in [0.1, 0.15) is 96.8 Å². The van der Waals surface area contributed by atoms with Gasteiger partial charge in [0.15, 0.2) is 0 Å². The topological polar surface area (TPSA) is 41.6 Å². The van der Waals surface area contributed by atoms with Crippen molar-refractivity contribution >= 4 is 5.91 Å². The van der Waals surface area contributed by atoms with E-state index in [9.17, 15) is 4.79 Å². The Morgan fingerprint density at radius 3 is 2.04 bits per heavy atom. The lowest BCUT2D eigenvalue weighted by atomic mass is 10.0. The Bertz CT molecular complexity index is 330. The first-order chi connectivity index (χ1) is 11.8. The van der Waals surface area contributed by atoms with E-state index in [1.54, 1.807) is 6.08 Å². The van der Waals surface area contributed by atoms with Gasteiger partial charge in [0, 0.05) is 13.0 Å². The molecule has 140 valence electrons. The molecule has 0 aromatic heterocycles. The van der Waals surface area contributed by atoms with Gasteiger partial charge in [0.05, 0.1) is 12.2 Å². The van der Waals surface area contributed by atoms with Crippen molar-refractivity contribution in [1.29, 1.82) is 0 Å². The summed E-state index contributed by atoms with van der Waals surface area (Å²) in [5.74, 6) is 0.152. The lowest BCUT2D eigenvalue weighted by Gasteiger charge is -2.02. The predicted octanol–water partition coefficient (Wildman–Crippen LogP) is 5.54. The maximum Gasteiger partial charge on any atom is 0.220 e. The minimum Gasteiger partial charge on any atom is -0.370 e. The highest BCUT2D eigenvalue weighted by Crippen LogP contribution is 2.31. The minimum absolute atomic E-state index is 0.152. The molecule has 3 nitrogen and oxygen atoms in total. The molecule has 0 unspecified atom stereocenters. The standard InChI is InChI=1S/C21H39NO2/c1-3-5-6-7-9-12-15-19-20(24-19)16-13-10-8-11-14-17-21(23)22-18-4-2/h4,19-20H,2-3,5-18H2,1H3,(H,22,23)/t19-,20+/m0/s1. The van der Waals surface area contributed by atoms with Gasteiger partial charge in [0.1, 0.15) is 0 Å². The van der Waals surface area contributed by atoms with Crippen LogP contribution in [0, 0.1) is 0 Å². The van der Waals surface area contributed by atoms with Gasteiger partial charge in [-0.1, -0.05) is 77.2 Å². The fourth-order valence-corrected chi connectivity index (χ4v) is 3.25. The molecule has 1 saturated heterocycles. The quantitative estimate of drug-likeness (QED) is 0.215. The van der Waals surface area contributed by atoms with Crippen molar-refractivity contribution in [1.82, 2.24) is 5.32 Å². The Hall–Kier alpha value is -0.830. The normalized spacial score (nSPS) is 19.2. The first kappa shape index (κ1) is 21.2. The van der Waals surface area contributed by atoms with E-state index in [1.165, 1.54) is 70.6 Å². The van der Waals surface area contributed by atoms with Gasteiger partial charge in [0.25, 0.3) is 0 Å². The largest absolute Gasteiger partial charge is 0.370 e. The van der Waals surface area contributed by atoms with Crippen LogP contribution in [0.3, 0.4) is 0 Å². The molecular formula is C21H39NO2. The summed E-state index contributed by atoms with van der Waals surface area (Å²) in [4.78, 5) is 11.4. The Morgan fingerprint density at radius 1 is 0.917 bits per heavy atom. The number of ether oxygens (including phenoxy) is 1. The van der Waals surface area contributed by atoms with Crippen molar-refractivity contribution in [3.63, 3.8) is 0 Å². The molecule has 1 aliphatic rings. The van der Waals surface area contributed by atoms with Gasteiger partial charge in [-0.15, -0.1) is 6.58 Å². The number of unbranched alkanes of at least 4 members (excludes halogenated alkanes) is 9. The molecule has 1 N–H and O–H groups in total. The van der Waals surface area contributed by atoms with E-state index in [4.69, 9.17) is 4.74 Å². The fourth-order valence-electron chi connectivity index (χ4n) is 3.25. The molecule has 24 heavy (non-hydrogen) atoms. The second-order valence-corrected chi connectivity index (χ2v) is 7.17. The monoisotopic (exact) mass is 337 g/mol. The highest BCUT2D eigenvalue weighted by Gasteiger charge is 2.36. The first-order valence-electron chi connectivity index (χ1n) is 10.3. The lowest BCUT2D eigenvalue weighted by Crippen LogP contribution is -2.22. The zero-order valence-corrected chi connectivity index (χ0v) is 15.9. The van der Waals surface area contributed by atoms with E-state index in [0.29, 0.717) is 25.2 Å². The van der Waals surface area contributed by atoms with Crippen LogP contribution in [0.4, 0.5) is 0 Å². The molecule has 1 heterocycles. The van der Waals surface area contributed by atoms with Crippen LogP contribution in [0.5, 0.6) is 0 Å². The predicted molar refractivity (Wildman–Crippen MR) is 102 cm³/mol. The van der Waals surface area contributed by atoms with Crippen LogP contribution in [0.15, 0.2) is 12.7 Å². The molecule has 2 atom stereocenters. The summed E-state index contributed by atoms with van der Waals surface area (Å²) in [6, 6.07) is 0. The molecule has 1 aliphatic heterocycles. The number of hydrogen-bond acceptors (Lipinski definition) is 2. The average molecular weight is 338 g/mol. The Labute approximate surface area is 149 Å². The number of rotatable bonds is 17. The van der Waals surface area contributed by atoms with Gasteiger partial charge in [-0.25, -0.2) is 0 Å². The zero-order valence-electron chi connectivity index (χ0n) is 15.9. The first-order valence-corrected chi connectivity index (χ1v) is 10.3. The molecule has 0 spiro atoms. The van der Waals surface area contributed by atoms with E-state index in [2.05, 4.69) is 18.8 Å². The molecular weight excluding hydrogens is 298 g/mol. The Morgan fingerprint density at radius 2 is 1.46 bits per heavy atom. The summed E-state index contributed by atoms with van der Waals surface area (Å²) in [6.07, 6.45) is 20.2. The number of carbonyl (C=O) groups excluding carboxylic acids is 1. The molecule has 0 aliphatic carbocycles. The molecule has 0 aromatic carbocycles. The van der Waals surface area contributed by atoms with Crippen LogP contribution in [-0.2, 0) is 9.53 Å². The van der Waals surface area contributed by atoms with Gasteiger partial charge in [-0.2, -0.15) is 0 Å². The third kappa shape index (κ3) is 11.7. The summed E-state index contributed by atoms with van der Waals surface area (Å²) in [7, 11) is 0. The van der Waals surface area contributed by atoms with Crippen molar-refractivity contribution in [3.8, 4) is 0 Å². The SMILES string of the molecule is C=CCNC(=O)CCCCCCC[C@H]1O[C@H]1CCCCCCCC. The van der Waals surface area contributed by atoms with Crippen LogP contribution < -0.4 is 5.32 Å². The summed E-state index contributed by atoms with van der Waals surface area (Å²) in [5.41, 5.74) is 0. The number of amides is 1. The number of epoxide rings is 1.